The third kappa shape index (κ3) is 7.51. The Kier molecular flexibility index (Phi) is 10.1. The number of carbonyl (C=O) groups is 1. The Hall–Kier alpha value is -3.14. The molecule has 6 rings (SSSR count). The summed E-state index contributed by atoms with van der Waals surface area (Å²) in [7, 11) is 0. The van der Waals surface area contributed by atoms with E-state index in [1.54, 1.807) is 6.07 Å². The summed E-state index contributed by atoms with van der Waals surface area (Å²) >= 11 is 0. The number of nitrogens with one attached hydrogen (secondary N) is 2. The van der Waals surface area contributed by atoms with Crippen LogP contribution in [0.5, 0.6) is 0 Å². The first kappa shape index (κ1) is 29.9. The van der Waals surface area contributed by atoms with Gasteiger partial charge in [0, 0.05) is 37.3 Å². The number of rotatable bonds is 7. The van der Waals surface area contributed by atoms with Gasteiger partial charge in [-0.15, -0.1) is 0 Å². The van der Waals surface area contributed by atoms with Crippen molar-refractivity contribution in [2.75, 3.05) is 38.2 Å². The molecule has 2 aromatic heterocycles. The van der Waals surface area contributed by atoms with Crippen molar-refractivity contribution in [3.8, 4) is 11.3 Å². The van der Waals surface area contributed by atoms with Crippen LogP contribution in [0.2, 0.25) is 0 Å². The van der Waals surface area contributed by atoms with Crippen molar-refractivity contribution in [3.63, 3.8) is 0 Å². The highest BCUT2D eigenvalue weighted by molar-refractivity contribution is 6.06. The molecule has 2 aliphatic heterocycles. The lowest BCUT2D eigenvalue weighted by molar-refractivity contribution is 0.00277. The van der Waals surface area contributed by atoms with Gasteiger partial charge in [-0.3, -0.25) is 9.69 Å². The van der Waals surface area contributed by atoms with Crippen LogP contribution in [0.4, 0.5) is 5.82 Å². The van der Waals surface area contributed by atoms with Crippen molar-refractivity contribution in [1.82, 2.24) is 25.2 Å². The molecule has 1 aliphatic carbocycles. The molecule has 9 nitrogen and oxygen atoms in total. The van der Waals surface area contributed by atoms with Crippen LogP contribution in [-0.4, -0.2) is 70.7 Å². The van der Waals surface area contributed by atoms with Gasteiger partial charge in [-0.05, 0) is 69.2 Å². The highest BCUT2D eigenvalue weighted by Gasteiger charge is 2.29. The van der Waals surface area contributed by atoms with E-state index in [0.717, 1.165) is 64.2 Å². The van der Waals surface area contributed by atoms with Gasteiger partial charge in [0.2, 0.25) is 0 Å². The molecular formula is C34H47N7O2. The van der Waals surface area contributed by atoms with Crippen molar-refractivity contribution in [2.45, 2.75) is 89.3 Å². The number of hydrogen-bond acceptors (Lipinski definition) is 8. The second-order valence-corrected chi connectivity index (χ2v) is 12.6. The second kappa shape index (κ2) is 14.6. The molecular weight excluding hydrogens is 538 g/mol. The molecule has 0 radical (unpaired) electrons. The largest absolute Gasteiger partial charge is 0.380 e. The lowest BCUT2D eigenvalue weighted by atomic mass is 9.85. The maximum Gasteiger partial charge on any atom is 0.251 e. The van der Waals surface area contributed by atoms with Crippen molar-refractivity contribution < 1.29 is 9.53 Å². The number of nitrogens with two attached hydrogens (primary N) is 1. The number of carbonyl (C=O) groups excluding carboxylic acids is 1. The molecule has 2 atom stereocenters. The Morgan fingerprint density at radius 3 is 2.56 bits per heavy atom. The predicted molar refractivity (Wildman–Crippen MR) is 171 cm³/mol. The predicted octanol–water partition coefficient (Wildman–Crippen LogP) is 5.30. The van der Waals surface area contributed by atoms with Crippen LogP contribution in [0.3, 0.4) is 0 Å². The van der Waals surface area contributed by atoms with Gasteiger partial charge in [0.05, 0.1) is 17.9 Å². The van der Waals surface area contributed by atoms with Crippen molar-refractivity contribution in [3.05, 3.63) is 47.8 Å². The Morgan fingerprint density at radius 1 is 0.977 bits per heavy atom. The summed E-state index contributed by atoms with van der Waals surface area (Å²) < 4.78 is 6.17. The van der Waals surface area contributed by atoms with Gasteiger partial charge < -0.3 is 21.1 Å². The van der Waals surface area contributed by atoms with Gasteiger partial charge in [-0.2, -0.15) is 0 Å². The van der Waals surface area contributed by atoms with E-state index in [-0.39, 0.29) is 6.04 Å². The molecule has 9 heteroatoms. The first-order valence-electron chi connectivity index (χ1n) is 16.5. The van der Waals surface area contributed by atoms with Gasteiger partial charge in [0.25, 0.3) is 5.91 Å². The molecule has 3 aliphatic rings. The van der Waals surface area contributed by atoms with Crippen molar-refractivity contribution in [2.24, 2.45) is 11.7 Å². The highest BCUT2D eigenvalue weighted by atomic mass is 16.5. The zero-order chi connectivity index (χ0) is 29.4. The first-order chi connectivity index (χ1) is 21.2. The van der Waals surface area contributed by atoms with Gasteiger partial charge in [0.15, 0.2) is 5.82 Å². The molecule has 1 saturated carbocycles. The van der Waals surface area contributed by atoms with Crippen LogP contribution < -0.4 is 16.4 Å². The lowest BCUT2D eigenvalue weighted by Crippen LogP contribution is -2.45. The molecule has 0 bridgehead atoms. The fourth-order valence-corrected chi connectivity index (χ4v) is 7.16. The number of ether oxygens (including phenoxy) is 1. The van der Waals surface area contributed by atoms with Crippen LogP contribution in [0.1, 0.15) is 86.6 Å². The fraction of sp³-hybridized carbons (Fsp3) is 0.588. The minimum absolute atomic E-state index is 0.244. The molecule has 2 saturated heterocycles. The first-order valence-corrected chi connectivity index (χ1v) is 16.5. The molecule has 1 aromatic carbocycles. The third-order valence-electron chi connectivity index (χ3n) is 9.56. The number of anilines is 1. The Morgan fingerprint density at radius 2 is 1.79 bits per heavy atom. The van der Waals surface area contributed by atoms with Crippen LogP contribution in [0.25, 0.3) is 22.3 Å². The lowest BCUT2D eigenvalue weighted by Gasteiger charge is -2.39. The average Bonchev–Trinajstić information content (AvgIpc) is 3.00. The zero-order valence-electron chi connectivity index (χ0n) is 25.4. The highest BCUT2D eigenvalue weighted by Crippen LogP contribution is 2.31. The van der Waals surface area contributed by atoms with Crippen LogP contribution in [-0.2, 0) is 11.3 Å². The third-order valence-corrected chi connectivity index (χ3v) is 9.56. The number of nitrogens with zero attached hydrogens (tertiary/aromatic N) is 4. The van der Waals surface area contributed by atoms with E-state index < -0.39 is 5.91 Å². The molecule has 3 aromatic rings. The number of pyridine rings is 1. The smallest absolute Gasteiger partial charge is 0.251 e. The van der Waals surface area contributed by atoms with Gasteiger partial charge in [-0.25, -0.2) is 15.0 Å². The number of aromatic nitrogens is 3. The standard InChI is InChI=1S/C34H47N7O2/c35-33(42)28-19-29(40-32-31(28)37-23-38-34(32)39-27-11-8-16-36-20-27)25-14-12-24(13-15-25)21-41-17-6-7-18-43-22-30(41)26-9-4-2-1-3-5-10-26/h12-15,19,23,26-27,30,36H,1-11,16-18,20-22H2,(H2,35,42)(H,37,38,39)/t27-,30?/m0/s1. The van der Waals surface area contributed by atoms with Crippen LogP contribution >= 0.6 is 0 Å². The fourth-order valence-electron chi connectivity index (χ4n) is 7.16. The van der Waals surface area contributed by atoms with E-state index in [2.05, 4.69) is 49.8 Å². The Labute approximate surface area is 255 Å². The molecule has 1 unspecified atom stereocenters. The van der Waals surface area contributed by atoms with E-state index in [1.807, 2.05) is 0 Å². The number of hydrogen-bond donors (Lipinski definition) is 3. The summed E-state index contributed by atoms with van der Waals surface area (Å²) in [5.41, 5.74) is 10.2. The number of piperidine rings is 1. The molecule has 0 spiro atoms. The molecule has 43 heavy (non-hydrogen) atoms. The number of primary amides is 1. The Balaban J connectivity index is 1.25. The minimum Gasteiger partial charge on any atom is -0.380 e. The molecule has 230 valence electrons. The SMILES string of the molecule is NC(=O)c1cc(-c2ccc(CN3CCCCOCC3C3CCCCCCC3)cc2)nc2c(N[C@H]3CCCNC3)ncnc12. The van der Waals surface area contributed by atoms with Gasteiger partial charge >= 0.3 is 0 Å². The van der Waals surface area contributed by atoms with Crippen molar-refractivity contribution >= 4 is 22.8 Å². The minimum atomic E-state index is -0.520. The van der Waals surface area contributed by atoms with E-state index >= 15 is 0 Å². The number of benzene rings is 1. The van der Waals surface area contributed by atoms with E-state index in [0.29, 0.717) is 40.1 Å². The quantitative estimate of drug-likeness (QED) is 0.342. The maximum absolute atomic E-state index is 12.5. The van der Waals surface area contributed by atoms with Gasteiger partial charge in [0.1, 0.15) is 17.4 Å². The molecule has 3 fully saturated rings. The number of amides is 1. The molecule has 4 N–H and O–H groups in total. The number of fused-ring (bicyclic) bond motifs is 1. The maximum atomic E-state index is 12.5. The summed E-state index contributed by atoms with van der Waals surface area (Å²) in [5.74, 6) is 0.828. The summed E-state index contributed by atoms with van der Waals surface area (Å²) in [5, 5.41) is 6.95. The van der Waals surface area contributed by atoms with E-state index in [1.165, 1.54) is 63.3 Å². The second-order valence-electron chi connectivity index (χ2n) is 12.6. The summed E-state index contributed by atoms with van der Waals surface area (Å²) in [6.07, 6.45) is 15.4. The summed E-state index contributed by atoms with van der Waals surface area (Å²) in [6, 6.07) is 11.1. The normalized spacial score (nSPS) is 23.2. The molecule has 4 heterocycles. The topological polar surface area (TPSA) is 118 Å². The zero-order valence-corrected chi connectivity index (χ0v) is 25.4. The van der Waals surface area contributed by atoms with E-state index in [4.69, 9.17) is 15.5 Å². The summed E-state index contributed by atoms with van der Waals surface area (Å²) in [6.45, 7) is 5.65. The van der Waals surface area contributed by atoms with Crippen LogP contribution in [0, 0.1) is 5.92 Å². The molecule has 1 amide bonds. The van der Waals surface area contributed by atoms with Crippen molar-refractivity contribution in [1.29, 1.82) is 0 Å². The average molecular weight is 586 g/mol. The monoisotopic (exact) mass is 585 g/mol. The van der Waals surface area contributed by atoms with E-state index in [9.17, 15) is 4.79 Å². The van der Waals surface area contributed by atoms with Gasteiger partial charge in [-0.1, -0.05) is 56.4 Å². The Bertz CT molecular complexity index is 1350. The summed E-state index contributed by atoms with van der Waals surface area (Å²) in [4.78, 5) is 29.1. The van der Waals surface area contributed by atoms with Crippen LogP contribution in [0.15, 0.2) is 36.7 Å².